The van der Waals surface area contributed by atoms with Gasteiger partial charge in [-0.05, 0) is 6.07 Å². The van der Waals surface area contributed by atoms with E-state index in [1.807, 2.05) is 6.07 Å². The van der Waals surface area contributed by atoms with Crippen LogP contribution < -0.4 is 16.6 Å². The van der Waals surface area contributed by atoms with Crippen molar-refractivity contribution in [3.05, 3.63) is 44.9 Å². The molecular formula is C12H14N6O2. The zero-order chi connectivity index (χ0) is 14.7. The lowest BCUT2D eigenvalue weighted by atomic mass is 10.3. The smallest absolute Gasteiger partial charge is 0.332 e. The number of aromatic nitrogens is 4. The molecule has 2 aromatic rings. The third-order valence-corrected chi connectivity index (χ3v) is 2.97. The van der Waals surface area contributed by atoms with E-state index < -0.39 is 11.2 Å². The summed E-state index contributed by atoms with van der Waals surface area (Å²) in [6.45, 7) is 0.998. The fraction of sp³-hybridized carbons (Fsp3) is 0.333. The van der Waals surface area contributed by atoms with Crippen LogP contribution in [0.4, 0.5) is 5.82 Å². The molecule has 0 saturated carbocycles. The average molecular weight is 274 g/mol. The summed E-state index contributed by atoms with van der Waals surface area (Å²) in [4.78, 5) is 23.7. The van der Waals surface area contributed by atoms with Crippen molar-refractivity contribution < 1.29 is 0 Å². The van der Waals surface area contributed by atoms with E-state index in [-0.39, 0.29) is 11.4 Å². The molecule has 0 aliphatic carbocycles. The lowest BCUT2D eigenvalue weighted by molar-refractivity contribution is 0.629. The minimum Gasteiger partial charge on any atom is -0.368 e. The highest BCUT2D eigenvalue weighted by atomic mass is 16.2. The predicted molar refractivity (Wildman–Crippen MR) is 72.4 cm³/mol. The third-order valence-electron chi connectivity index (χ3n) is 2.97. The molecule has 20 heavy (non-hydrogen) atoms. The van der Waals surface area contributed by atoms with Crippen LogP contribution in [0.25, 0.3) is 0 Å². The highest BCUT2D eigenvalue weighted by Crippen LogP contribution is 2.06. The quantitative estimate of drug-likeness (QED) is 0.792. The Kier molecular flexibility index (Phi) is 3.70. The van der Waals surface area contributed by atoms with Gasteiger partial charge in [-0.1, -0.05) is 0 Å². The molecule has 2 heterocycles. The molecule has 0 saturated heterocycles. The lowest BCUT2D eigenvalue weighted by Crippen LogP contribution is -2.40. The second kappa shape index (κ2) is 5.44. The first-order valence-corrected chi connectivity index (χ1v) is 5.97. The minimum absolute atomic E-state index is 0.0740. The number of hydrogen-bond donors (Lipinski definition) is 1. The van der Waals surface area contributed by atoms with E-state index >= 15 is 0 Å². The van der Waals surface area contributed by atoms with Gasteiger partial charge in [0, 0.05) is 33.0 Å². The second-order valence-corrected chi connectivity index (χ2v) is 4.24. The molecule has 0 spiro atoms. The first-order valence-electron chi connectivity index (χ1n) is 5.97. The topological polar surface area (TPSA) is 97.6 Å². The van der Waals surface area contributed by atoms with E-state index in [2.05, 4.69) is 10.4 Å². The van der Waals surface area contributed by atoms with E-state index in [0.29, 0.717) is 13.1 Å². The molecule has 0 aliphatic heterocycles. The molecule has 0 atom stereocenters. The summed E-state index contributed by atoms with van der Waals surface area (Å²) in [7, 11) is 2.86. The summed E-state index contributed by atoms with van der Waals surface area (Å²) in [5.74, 6) is 0.229. The maximum absolute atomic E-state index is 11.9. The number of nitrogens with zero attached hydrogens (tertiary/aromatic N) is 5. The standard InChI is InChI=1S/C12H14N6O2/c1-16-10(14-5-7-18-6-3-4-15-18)9(8-13)11(19)17(2)12(16)20/h3-4,6,14H,5,7H2,1-2H3. The Hall–Kier alpha value is -2.82. The lowest BCUT2D eigenvalue weighted by Gasteiger charge is -2.13. The summed E-state index contributed by atoms with van der Waals surface area (Å²) in [5.41, 5.74) is -1.15. The molecule has 2 rings (SSSR count). The molecule has 1 N–H and O–H groups in total. The third kappa shape index (κ3) is 2.33. The SMILES string of the molecule is Cn1c(NCCn2cccn2)c(C#N)c(=O)n(C)c1=O. The molecule has 0 radical (unpaired) electrons. The highest BCUT2D eigenvalue weighted by molar-refractivity contribution is 5.51. The van der Waals surface area contributed by atoms with Crippen LogP contribution in [0.2, 0.25) is 0 Å². The van der Waals surface area contributed by atoms with Crippen molar-refractivity contribution in [1.29, 1.82) is 5.26 Å². The van der Waals surface area contributed by atoms with E-state index in [0.717, 1.165) is 4.57 Å². The molecule has 0 aliphatic rings. The molecule has 0 fully saturated rings. The average Bonchev–Trinajstić information content (AvgIpc) is 2.95. The van der Waals surface area contributed by atoms with Gasteiger partial charge in [0.15, 0.2) is 5.56 Å². The summed E-state index contributed by atoms with van der Waals surface area (Å²) < 4.78 is 3.87. The van der Waals surface area contributed by atoms with Gasteiger partial charge in [0.25, 0.3) is 5.56 Å². The first-order chi connectivity index (χ1) is 9.56. The summed E-state index contributed by atoms with van der Waals surface area (Å²) in [5, 5.41) is 16.1. The Morgan fingerprint density at radius 1 is 1.35 bits per heavy atom. The highest BCUT2D eigenvalue weighted by Gasteiger charge is 2.14. The van der Waals surface area contributed by atoms with Crippen LogP contribution in [0.5, 0.6) is 0 Å². The van der Waals surface area contributed by atoms with Gasteiger partial charge in [-0.2, -0.15) is 10.4 Å². The molecule has 8 heteroatoms. The van der Waals surface area contributed by atoms with Crippen LogP contribution in [0.1, 0.15) is 5.56 Å². The van der Waals surface area contributed by atoms with Gasteiger partial charge in [-0.25, -0.2) is 4.79 Å². The Labute approximate surface area is 114 Å². The molecule has 0 amide bonds. The van der Waals surface area contributed by atoms with Gasteiger partial charge >= 0.3 is 5.69 Å². The fourth-order valence-electron chi connectivity index (χ4n) is 1.87. The molecule has 104 valence electrons. The Balaban J connectivity index is 2.30. The van der Waals surface area contributed by atoms with Crippen LogP contribution in [0.3, 0.4) is 0 Å². The summed E-state index contributed by atoms with van der Waals surface area (Å²) >= 11 is 0. The minimum atomic E-state index is -0.600. The molecule has 2 aromatic heterocycles. The van der Waals surface area contributed by atoms with Crippen LogP contribution in [0.15, 0.2) is 28.0 Å². The first kappa shape index (κ1) is 13.6. The fourth-order valence-corrected chi connectivity index (χ4v) is 1.87. The molecule has 0 unspecified atom stereocenters. The second-order valence-electron chi connectivity index (χ2n) is 4.24. The molecule has 0 aromatic carbocycles. The number of hydrogen-bond acceptors (Lipinski definition) is 5. The van der Waals surface area contributed by atoms with Crippen molar-refractivity contribution in [2.24, 2.45) is 14.1 Å². The monoisotopic (exact) mass is 274 g/mol. The van der Waals surface area contributed by atoms with Crippen LogP contribution in [-0.4, -0.2) is 25.5 Å². The van der Waals surface area contributed by atoms with Crippen molar-refractivity contribution in [3.8, 4) is 6.07 Å². The number of anilines is 1. The van der Waals surface area contributed by atoms with E-state index in [9.17, 15) is 9.59 Å². The zero-order valence-electron chi connectivity index (χ0n) is 11.2. The maximum atomic E-state index is 11.9. The van der Waals surface area contributed by atoms with Crippen LogP contribution in [0, 0.1) is 11.3 Å². The summed E-state index contributed by atoms with van der Waals surface area (Å²) in [6, 6.07) is 3.64. The van der Waals surface area contributed by atoms with Gasteiger partial charge < -0.3 is 5.32 Å². The molecule has 8 nitrogen and oxygen atoms in total. The Bertz CT molecular complexity index is 763. The maximum Gasteiger partial charge on any atom is 0.332 e. The predicted octanol–water partition coefficient (Wildman–Crippen LogP) is -0.736. The van der Waals surface area contributed by atoms with Crippen molar-refractivity contribution >= 4 is 5.82 Å². The molecule has 0 bridgehead atoms. The van der Waals surface area contributed by atoms with Crippen molar-refractivity contribution in [3.63, 3.8) is 0 Å². The van der Waals surface area contributed by atoms with Crippen molar-refractivity contribution in [1.82, 2.24) is 18.9 Å². The van der Waals surface area contributed by atoms with Gasteiger partial charge in [0.1, 0.15) is 11.9 Å². The van der Waals surface area contributed by atoms with Crippen molar-refractivity contribution in [2.75, 3.05) is 11.9 Å². The van der Waals surface area contributed by atoms with Crippen LogP contribution >= 0.6 is 0 Å². The van der Waals surface area contributed by atoms with E-state index in [1.165, 1.54) is 18.7 Å². The van der Waals surface area contributed by atoms with E-state index in [1.54, 1.807) is 23.1 Å². The van der Waals surface area contributed by atoms with Crippen molar-refractivity contribution in [2.45, 2.75) is 6.54 Å². The van der Waals surface area contributed by atoms with Gasteiger partial charge in [-0.15, -0.1) is 0 Å². The van der Waals surface area contributed by atoms with E-state index in [4.69, 9.17) is 5.26 Å². The van der Waals surface area contributed by atoms with Gasteiger partial charge in [0.2, 0.25) is 0 Å². The largest absolute Gasteiger partial charge is 0.368 e. The number of rotatable bonds is 4. The van der Waals surface area contributed by atoms with Gasteiger partial charge in [0.05, 0.1) is 6.54 Å². The number of nitriles is 1. The van der Waals surface area contributed by atoms with Crippen LogP contribution in [-0.2, 0) is 20.6 Å². The Morgan fingerprint density at radius 2 is 2.10 bits per heavy atom. The zero-order valence-corrected chi connectivity index (χ0v) is 11.2. The number of nitrogens with one attached hydrogen (secondary N) is 1. The van der Waals surface area contributed by atoms with Gasteiger partial charge in [-0.3, -0.25) is 18.6 Å². The summed E-state index contributed by atoms with van der Waals surface area (Å²) in [6.07, 6.45) is 3.46. The molecular weight excluding hydrogens is 260 g/mol. The normalized spacial score (nSPS) is 10.2. The Morgan fingerprint density at radius 3 is 2.70 bits per heavy atom.